The van der Waals surface area contributed by atoms with Crippen LogP contribution in [-0.4, -0.2) is 51.4 Å². The number of hydrogen-bond donors (Lipinski definition) is 2. The molecule has 26 heavy (non-hydrogen) atoms. The first-order chi connectivity index (χ1) is 12.5. The Bertz CT molecular complexity index is 742. The molecular formula is C17H23N5O4. The molecule has 2 aromatic rings. The van der Waals surface area contributed by atoms with Gasteiger partial charge in [-0.15, -0.1) is 0 Å². The fourth-order valence-electron chi connectivity index (χ4n) is 2.20. The van der Waals surface area contributed by atoms with Gasteiger partial charge in [-0.2, -0.15) is 0 Å². The third-order valence-corrected chi connectivity index (χ3v) is 3.45. The van der Waals surface area contributed by atoms with Gasteiger partial charge in [0.1, 0.15) is 0 Å². The van der Waals surface area contributed by atoms with E-state index in [1.165, 1.54) is 21.3 Å². The van der Waals surface area contributed by atoms with Gasteiger partial charge in [0.05, 0.1) is 39.3 Å². The van der Waals surface area contributed by atoms with Gasteiger partial charge in [0, 0.05) is 32.4 Å². The van der Waals surface area contributed by atoms with Crippen LogP contribution in [0.15, 0.2) is 24.4 Å². The van der Waals surface area contributed by atoms with Crippen LogP contribution in [0, 0.1) is 0 Å². The molecule has 2 rings (SSSR count). The summed E-state index contributed by atoms with van der Waals surface area (Å²) in [5, 5.41) is 5.48. The first-order valence-corrected chi connectivity index (χ1v) is 7.82. The fourth-order valence-corrected chi connectivity index (χ4v) is 2.20. The Balaban J connectivity index is 2.05. The summed E-state index contributed by atoms with van der Waals surface area (Å²) in [5.41, 5.74) is 1.21. The van der Waals surface area contributed by atoms with E-state index in [0.29, 0.717) is 34.6 Å². The molecule has 0 bridgehead atoms. The molecule has 1 heterocycles. The van der Waals surface area contributed by atoms with Gasteiger partial charge in [-0.3, -0.25) is 0 Å². The summed E-state index contributed by atoms with van der Waals surface area (Å²) in [7, 11) is 8.24. The van der Waals surface area contributed by atoms with Crippen LogP contribution in [-0.2, 0) is 6.54 Å². The van der Waals surface area contributed by atoms with Gasteiger partial charge in [0.2, 0.25) is 11.7 Å². The highest BCUT2D eigenvalue weighted by atomic mass is 16.5. The lowest BCUT2D eigenvalue weighted by molar-refractivity contribution is 0.251. The lowest BCUT2D eigenvalue weighted by Crippen LogP contribution is -2.28. The summed E-state index contributed by atoms with van der Waals surface area (Å²) < 4.78 is 15.8. The quantitative estimate of drug-likeness (QED) is 0.777. The zero-order chi connectivity index (χ0) is 19.1. The van der Waals surface area contributed by atoms with Crippen molar-refractivity contribution >= 4 is 17.7 Å². The second kappa shape index (κ2) is 8.75. The molecular weight excluding hydrogens is 338 g/mol. The van der Waals surface area contributed by atoms with Crippen molar-refractivity contribution in [3.63, 3.8) is 0 Å². The summed E-state index contributed by atoms with van der Waals surface area (Å²) in [4.78, 5) is 22.4. The number of urea groups is 1. The van der Waals surface area contributed by atoms with E-state index in [1.54, 1.807) is 29.3 Å². The minimum Gasteiger partial charge on any atom is -0.493 e. The molecule has 1 aromatic heterocycles. The molecule has 1 aromatic carbocycles. The third kappa shape index (κ3) is 4.65. The maximum atomic E-state index is 12.2. The largest absolute Gasteiger partial charge is 0.493 e. The second-order valence-electron chi connectivity index (χ2n) is 5.46. The molecule has 0 atom stereocenters. The first-order valence-electron chi connectivity index (χ1n) is 7.82. The van der Waals surface area contributed by atoms with E-state index in [2.05, 4.69) is 20.6 Å². The molecule has 0 unspecified atom stereocenters. The molecule has 0 aliphatic rings. The van der Waals surface area contributed by atoms with Crippen LogP contribution < -0.4 is 29.7 Å². The zero-order valence-electron chi connectivity index (χ0n) is 15.5. The van der Waals surface area contributed by atoms with Gasteiger partial charge in [0.15, 0.2) is 11.5 Å². The van der Waals surface area contributed by atoms with E-state index in [0.717, 1.165) is 0 Å². The van der Waals surface area contributed by atoms with E-state index in [9.17, 15) is 4.79 Å². The average molecular weight is 361 g/mol. The van der Waals surface area contributed by atoms with E-state index in [-0.39, 0.29) is 12.6 Å². The van der Waals surface area contributed by atoms with Crippen molar-refractivity contribution in [1.29, 1.82) is 0 Å². The molecule has 140 valence electrons. The monoisotopic (exact) mass is 361 g/mol. The lowest BCUT2D eigenvalue weighted by Gasteiger charge is -2.15. The summed E-state index contributed by atoms with van der Waals surface area (Å²) in [6, 6.07) is 4.66. The van der Waals surface area contributed by atoms with Crippen molar-refractivity contribution in [2.45, 2.75) is 6.54 Å². The number of carbonyl (C=O) groups is 1. The van der Waals surface area contributed by atoms with Gasteiger partial charge in [-0.05, 0) is 6.07 Å². The minimum absolute atomic E-state index is 0.264. The maximum Gasteiger partial charge on any atom is 0.319 e. The van der Waals surface area contributed by atoms with Crippen LogP contribution in [0.2, 0.25) is 0 Å². The van der Waals surface area contributed by atoms with Crippen LogP contribution in [0.4, 0.5) is 16.4 Å². The summed E-state index contributed by atoms with van der Waals surface area (Å²) in [5.74, 6) is 1.94. The van der Waals surface area contributed by atoms with Crippen molar-refractivity contribution < 1.29 is 19.0 Å². The SMILES string of the molecule is COc1cc(NC(=O)NCc2ccnc(N(C)C)n2)cc(OC)c1OC. The van der Waals surface area contributed by atoms with E-state index in [1.807, 2.05) is 14.1 Å². The summed E-state index contributed by atoms with van der Waals surface area (Å²) >= 11 is 0. The van der Waals surface area contributed by atoms with Crippen molar-refractivity contribution in [1.82, 2.24) is 15.3 Å². The van der Waals surface area contributed by atoms with Gasteiger partial charge in [-0.1, -0.05) is 0 Å². The molecule has 0 spiro atoms. The average Bonchev–Trinajstić information content (AvgIpc) is 2.65. The molecule has 2 N–H and O–H groups in total. The number of carbonyl (C=O) groups excluding carboxylic acids is 1. The highest BCUT2D eigenvalue weighted by molar-refractivity contribution is 5.90. The van der Waals surface area contributed by atoms with Gasteiger partial charge in [-0.25, -0.2) is 14.8 Å². The number of benzene rings is 1. The minimum atomic E-state index is -0.385. The molecule has 9 heteroatoms. The number of rotatable bonds is 7. The smallest absolute Gasteiger partial charge is 0.319 e. The van der Waals surface area contributed by atoms with Crippen molar-refractivity contribution in [2.75, 3.05) is 45.6 Å². The van der Waals surface area contributed by atoms with Crippen LogP contribution in [0.1, 0.15) is 5.69 Å². The molecule has 9 nitrogen and oxygen atoms in total. The standard InChI is InChI=1S/C17H23N5O4/c1-22(2)16-18-7-6-11(20-16)10-19-17(23)21-12-8-13(24-3)15(26-5)14(9-12)25-4/h6-9H,10H2,1-5H3,(H2,19,21,23). The summed E-state index contributed by atoms with van der Waals surface area (Å²) in [6.45, 7) is 0.264. The first kappa shape index (κ1) is 19.1. The van der Waals surface area contributed by atoms with Crippen molar-refractivity contribution in [3.05, 3.63) is 30.1 Å². The molecule has 0 radical (unpaired) electrons. The Morgan fingerprint density at radius 2 is 1.77 bits per heavy atom. The highest BCUT2D eigenvalue weighted by Gasteiger charge is 2.14. The van der Waals surface area contributed by atoms with Crippen LogP contribution >= 0.6 is 0 Å². The number of methoxy groups -OCH3 is 3. The van der Waals surface area contributed by atoms with Crippen LogP contribution in [0.25, 0.3) is 0 Å². The molecule has 0 saturated heterocycles. The Morgan fingerprint density at radius 1 is 1.12 bits per heavy atom. The third-order valence-electron chi connectivity index (χ3n) is 3.45. The second-order valence-corrected chi connectivity index (χ2v) is 5.46. The normalized spacial score (nSPS) is 10.0. The number of anilines is 2. The van der Waals surface area contributed by atoms with Gasteiger partial charge < -0.3 is 29.7 Å². The summed E-state index contributed by atoms with van der Waals surface area (Å²) in [6.07, 6.45) is 1.65. The van der Waals surface area contributed by atoms with Crippen molar-refractivity contribution in [2.24, 2.45) is 0 Å². The Kier molecular flexibility index (Phi) is 6.42. The molecule has 0 aliphatic heterocycles. The van der Waals surface area contributed by atoms with Crippen LogP contribution in [0.3, 0.4) is 0 Å². The number of nitrogens with zero attached hydrogens (tertiary/aromatic N) is 3. The van der Waals surface area contributed by atoms with Gasteiger partial charge in [0.25, 0.3) is 0 Å². The Labute approximate surface area is 152 Å². The Hall–Kier alpha value is -3.23. The fraction of sp³-hybridized carbons (Fsp3) is 0.353. The topological polar surface area (TPSA) is 97.8 Å². The van der Waals surface area contributed by atoms with Crippen molar-refractivity contribution in [3.8, 4) is 17.2 Å². The van der Waals surface area contributed by atoms with E-state index >= 15 is 0 Å². The number of amides is 2. The maximum absolute atomic E-state index is 12.2. The predicted octanol–water partition coefficient (Wildman–Crippen LogP) is 1.89. The molecule has 2 amide bonds. The van der Waals surface area contributed by atoms with E-state index < -0.39 is 0 Å². The highest BCUT2D eigenvalue weighted by Crippen LogP contribution is 2.39. The number of ether oxygens (including phenoxy) is 3. The van der Waals surface area contributed by atoms with E-state index in [4.69, 9.17) is 14.2 Å². The number of hydrogen-bond acceptors (Lipinski definition) is 7. The zero-order valence-corrected chi connectivity index (χ0v) is 15.5. The predicted molar refractivity (Wildman–Crippen MR) is 98.3 cm³/mol. The molecule has 0 saturated carbocycles. The molecule has 0 aliphatic carbocycles. The number of nitrogens with one attached hydrogen (secondary N) is 2. The van der Waals surface area contributed by atoms with Crippen LogP contribution in [0.5, 0.6) is 17.2 Å². The lowest BCUT2D eigenvalue weighted by atomic mass is 10.2. The Morgan fingerprint density at radius 3 is 2.31 bits per heavy atom. The molecule has 0 fully saturated rings. The number of aromatic nitrogens is 2. The van der Waals surface area contributed by atoms with Gasteiger partial charge >= 0.3 is 6.03 Å².